The maximum atomic E-state index is 6.03. The molecule has 2 nitrogen and oxygen atoms in total. The maximum Gasteiger partial charge on any atom is 0.0722 e. The molecule has 0 atom stereocenters. The summed E-state index contributed by atoms with van der Waals surface area (Å²) in [6, 6.07) is 10.2. The number of hydrogen-bond acceptors (Lipinski definition) is 2. The smallest absolute Gasteiger partial charge is 0.0722 e. The molecule has 90 valence electrons. The van der Waals surface area contributed by atoms with Crippen LogP contribution in [0.2, 0.25) is 0 Å². The van der Waals surface area contributed by atoms with E-state index in [1.54, 1.807) is 0 Å². The molecule has 0 spiro atoms. The molecule has 0 saturated carbocycles. The Balaban J connectivity index is 2.56. The second-order valence-corrected chi connectivity index (χ2v) is 5.12. The Morgan fingerprint density at radius 1 is 1.24 bits per heavy atom. The molecule has 0 N–H and O–H groups in total. The van der Waals surface area contributed by atoms with E-state index in [1.807, 2.05) is 30.5 Å². The Hall–Kier alpha value is -1.28. The molecule has 2 aromatic rings. The molecule has 0 aliphatic rings. The van der Waals surface area contributed by atoms with E-state index in [1.165, 1.54) is 5.69 Å². The molecule has 0 amide bonds. The first-order valence-corrected chi connectivity index (χ1v) is 6.23. The first kappa shape index (κ1) is 12.2. The first-order valence-electron chi connectivity index (χ1n) is 5.70. The Morgan fingerprint density at radius 2 is 1.94 bits per heavy atom. The molecular formula is C14H17ClN2. The van der Waals surface area contributed by atoms with Crippen LogP contribution in [0, 0.1) is 0 Å². The van der Waals surface area contributed by atoms with E-state index in [2.05, 4.69) is 36.8 Å². The predicted molar refractivity (Wildman–Crippen MR) is 74.9 cm³/mol. The molecule has 1 aromatic carbocycles. The van der Waals surface area contributed by atoms with Crippen molar-refractivity contribution in [1.29, 1.82) is 0 Å². The van der Waals surface area contributed by atoms with Gasteiger partial charge in [-0.25, -0.2) is 0 Å². The second kappa shape index (κ2) is 4.53. The quantitative estimate of drug-likeness (QED) is 0.771. The van der Waals surface area contributed by atoms with Gasteiger partial charge in [0.25, 0.3) is 0 Å². The standard InChI is InChI=1S/C14H17ClN2/c1-14(2,10-15)17(3)13-8-9-16-12-7-5-4-6-11(12)13/h4-9H,10H2,1-3H3. The van der Waals surface area contributed by atoms with Crippen molar-refractivity contribution in [1.82, 2.24) is 4.98 Å². The predicted octanol–water partition coefficient (Wildman–Crippen LogP) is 3.69. The Kier molecular flexibility index (Phi) is 3.25. The van der Waals surface area contributed by atoms with Crippen LogP contribution in [0.3, 0.4) is 0 Å². The summed E-state index contributed by atoms with van der Waals surface area (Å²) in [7, 11) is 2.07. The van der Waals surface area contributed by atoms with Gasteiger partial charge < -0.3 is 4.90 Å². The van der Waals surface area contributed by atoms with Crippen LogP contribution in [0.25, 0.3) is 10.9 Å². The number of rotatable bonds is 3. The molecule has 3 heteroatoms. The topological polar surface area (TPSA) is 16.1 Å². The van der Waals surface area contributed by atoms with Gasteiger partial charge >= 0.3 is 0 Å². The van der Waals surface area contributed by atoms with Crippen molar-refractivity contribution in [2.75, 3.05) is 17.8 Å². The summed E-state index contributed by atoms with van der Waals surface area (Å²) in [5, 5.41) is 1.16. The number of para-hydroxylation sites is 1. The SMILES string of the molecule is CN(c1ccnc2ccccc12)C(C)(C)CCl. The number of pyridine rings is 1. The molecule has 17 heavy (non-hydrogen) atoms. The third-order valence-electron chi connectivity index (χ3n) is 3.22. The molecule has 0 bridgehead atoms. The van der Waals surface area contributed by atoms with E-state index in [4.69, 9.17) is 11.6 Å². The summed E-state index contributed by atoms with van der Waals surface area (Å²) in [5.41, 5.74) is 2.11. The van der Waals surface area contributed by atoms with Crippen molar-refractivity contribution in [2.45, 2.75) is 19.4 Å². The van der Waals surface area contributed by atoms with Crippen LogP contribution in [0.1, 0.15) is 13.8 Å². The number of fused-ring (bicyclic) bond motifs is 1. The molecule has 2 rings (SSSR count). The second-order valence-electron chi connectivity index (χ2n) is 4.85. The molecule has 0 fully saturated rings. The van der Waals surface area contributed by atoms with Crippen molar-refractivity contribution >= 4 is 28.2 Å². The number of anilines is 1. The highest BCUT2D eigenvalue weighted by molar-refractivity contribution is 6.18. The summed E-state index contributed by atoms with van der Waals surface area (Å²) >= 11 is 6.03. The highest BCUT2D eigenvalue weighted by atomic mass is 35.5. The summed E-state index contributed by atoms with van der Waals surface area (Å²) < 4.78 is 0. The van der Waals surface area contributed by atoms with E-state index in [0.29, 0.717) is 5.88 Å². The molecule has 0 saturated heterocycles. The van der Waals surface area contributed by atoms with Crippen molar-refractivity contribution in [2.24, 2.45) is 0 Å². The average molecular weight is 249 g/mol. The largest absolute Gasteiger partial charge is 0.368 e. The minimum Gasteiger partial charge on any atom is -0.368 e. The van der Waals surface area contributed by atoms with Gasteiger partial charge in [0.1, 0.15) is 0 Å². The van der Waals surface area contributed by atoms with Gasteiger partial charge in [-0.1, -0.05) is 18.2 Å². The van der Waals surface area contributed by atoms with Gasteiger partial charge in [0.05, 0.1) is 5.52 Å². The van der Waals surface area contributed by atoms with Crippen LogP contribution in [0.4, 0.5) is 5.69 Å². The highest BCUT2D eigenvalue weighted by Crippen LogP contribution is 2.29. The van der Waals surface area contributed by atoms with Gasteiger partial charge in [-0.05, 0) is 26.0 Å². The third kappa shape index (κ3) is 2.22. The lowest BCUT2D eigenvalue weighted by atomic mass is 10.0. The summed E-state index contributed by atoms with van der Waals surface area (Å²) in [4.78, 5) is 6.58. The number of aromatic nitrogens is 1. The van der Waals surface area contributed by atoms with Gasteiger partial charge in [0, 0.05) is 35.7 Å². The Bertz CT molecular complexity index is 517. The van der Waals surface area contributed by atoms with E-state index in [0.717, 1.165) is 10.9 Å². The van der Waals surface area contributed by atoms with E-state index < -0.39 is 0 Å². The molecular weight excluding hydrogens is 232 g/mol. The number of benzene rings is 1. The number of alkyl halides is 1. The summed E-state index contributed by atoms with van der Waals surface area (Å²) in [6.45, 7) is 4.27. The zero-order chi connectivity index (χ0) is 12.5. The van der Waals surface area contributed by atoms with Crippen LogP contribution in [0.15, 0.2) is 36.5 Å². The molecule has 1 aromatic heterocycles. The van der Waals surface area contributed by atoms with Crippen LogP contribution in [-0.4, -0.2) is 23.5 Å². The highest BCUT2D eigenvalue weighted by Gasteiger charge is 2.23. The number of halogens is 1. The third-order valence-corrected chi connectivity index (χ3v) is 3.88. The van der Waals surface area contributed by atoms with Crippen LogP contribution >= 0.6 is 11.6 Å². The average Bonchev–Trinajstić information content (AvgIpc) is 2.37. The fourth-order valence-corrected chi connectivity index (χ4v) is 1.97. The monoisotopic (exact) mass is 248 g/mol. The first-order chi connectivity index (χ1) is 8.06. The fourth-order valence-electron chi connectivity index (χ4n) is 1.79. The molecule has 0 unspecified atom stereocenters. The zero-order valence-electron chi connectivity index (χ0n) is 10.4. The lowest BCUT2D eigenvalue weighted by Crippen LogP contribution is -2.43. The van der Waals surface area contributed by atoms with E-state index in [9.17, 15) is 0 Å². The fraction of sp³-hybridized carbons (Fsp3) is 0.357. The van der Waals surface area contributed by atoms with Gasteiger partial charge in [-0.15, -0.1) is 11.6 Å². The molecule has 0 radical (unpaired) electrons. The van der Waals surface area contributed by atoms with Crippen molar-refractivity contribution in [3.05, 3.63) is 36.5 Å². The summed E-state index contributed by atoms with van der Waals surface area (Å²) in [6.07, 6.45) is 1.85. The van der Waals surface area contributed by atoms with Gasteiger partial charge in [0.2, 0.25) is 0 Å². The zero-order valence-corrected chi connectivity index (χ0v) is 11.2. The van der Waals surface area contributed by atoms with Gasteiger partial charge in [-0.3, -0.25) is 4.98 Å². The van der Waals surface area contributed by atoms with Crippen molar-refractivity contribution in [3.8, 4) is 0 Å². The van der Waals surface area contributed by atoms with Gasteiger partial charge in [-0.2, -0.15) is 0 Å². The van der Waals surface area contributed by atoms with Crippen LogP contribution < -0.4 is 4.90 Å². The van der Waals surface area contributed by atoms with Gasteiger partial charge in [0.15, 0.2) is 0 Å². The number of hydrogen-bond donors (Lipinski definition) is 0. The van der Waals surface area contributed by atoms with E-state index >= 15 is 0 Å². The minimum absolute atomic E-state index is 0.0777. The minimum atomic E-state index is -0.0777. The number of nitrogens with zero attached hydrogens (tertiary/aromatic N) is 2. The molecule has 0 aliphatic carbocycles. The lowest BCUT2D eigenvalue weighted by molar-refractivity contribution is 0.546. The van der Waals surface area contributed by atoms with Crippen LogP contribution in [0.5, 0.6) is 0 Å². The lowest BCUT2D eigenvalue weighted by Gasteiger charge is -2.36. The Labute approximate surface area is 107 Å². The van der Waals surface area contributed by atoms with E-state index in [-0.39, 0.29) is 5.54 Å². The van der Waals surface area contributed by atoms with Crippen molar-refractivity contribution < 1.29 is 0 Å². The molecule has 1 heterocycles. The van der Waals surface area contributed by atoms with Crippen LogP contribution in [-0.2, 0) is 0 Å². The normalized spacial score (nSPS) is 11.8. The van der Waals surface area contributed by atoms with Crippen molar-refractivity contribution in [3.63, 3.8) is 0 Å². The maximum absolute atomic E-state index is 6.03. The molecule has 0 aliphatic heterocycles. The Morgan fingerprint density at radius 3 is 2.65 bits per heavy atom. The summed E-state index contributed by atoms with van der Waals surface area (Å²) in [5.74, 6) is 0.583.